The third-order valence-electron chi connectivity index (χ3n) is 6.05. The van der Waals surface area contributed by atoms with Crippen molar-refractivity contribution < 1.29 is 22.3 Å². The summed E-state index contributed by atoms with van der Waals surface area (Å²) in [6.07, 6.45) is 4.19. The van der Waals surface area contributed by atoms with Crippen LogP contribution in [0.4, 0.5) is 20.7 Å². The van der Waals surface area contributed by atoms with Gasteiger partial charge in [0.2, 0.25) is 10.0 Å². The normalized spacial score (nSPS) is 18.3. The van der Waals surface area contributed by atoms with Crippen LogP contribution in [-0.2, 0) is 21.4 Å². The molecule has 2 saturated heterocycles. The summed E-state index contributed by atoms with van der Waals surface area (Å²) in [6.45, 7) is 2.79. The number of piperidine rings is 2. The lowest BCUT2D eigenvalue weighted by molar-refractivity contribution is 0.00437. The van der Waals surface area contributed by atoms with E-state index in [1.165, 1.54) is 12.3 Å². The molecule has 34 heavy (non-hydrogen) atoms. The number of halogens is 2. The number of alkyl halides is 1. The lowest BCUT2D eigenvalue weighted by atomic mass is 10.1. The van der Waals surface area contributed by atoms with E-state index < -0.39 is 16.2 Å². The molecule has 0 spiro atoms. The third kappa shape index (κ3) is 6.39. The topological polar surface area (TPSA) is 96.8 Å². The molecule has 0 saturated carbocycles. The Labute approximate surface area is 203 Å². The van der Waals surface area contributed by atoms with E-state index in [0.717, 1.165) is 22.2 Å². The first-order valence-electron chi connectivity index (χ1n) is 11.3. The van der Waals surface area contributed by atoms with Gasteiger partial charge in [0.15, 0.2) is 5.82 Å². The first-order valence-corrected chi connectivity index (χ1v) is 13.6. The Bertz CT molecular complexity index is 1110. The zero-order valence-corrected chi connectivity index (χ0v) is 20.6. The molecule has 0 unspecified atom stereocenters. The maximum absolute atomic E-state index is 13.4. The Balaban J connectivity index is 1.24. The molecule has 1 aromatic heterocycles. The molecule has 0 aliphatic carbocycles. The van der Waals surface area contributed by atoms with Gasteiger partial charge in [0.05, 0.1) is 29.7 Å². The Morgan fingerprint density at radius 1 is 1.18 bits per heavy atom. The summed E-state index contributed by atoms with van der Waals surface area (Å²) in [7, 11) is -3.46. The molecule has 1 amide bonds. The lowest BCUT2D eigenvalue weighted by Gasteiger charge is -2.32. The van der Waals surface area contributed by atoms with Crippen LogP contribution >= 0.6 is 11.6 Å². The van der Waals surface area contributed by atoms with E-state index in [4.69, 9.17) is 16.3 Å². The highest BCUT2D eigenvalue weighted by atomic mass is 35.5. The zero-order chi connectivity index (χ0) is 24.3. The Morgan fingerprint density at radius 2 is 1.88 bits per heavy atom. The number of hydrogen-bond donors (Lipinski definition) is 1. The number of carbonyl (C=O) groups is 1. The van der Waals surface area contributed by atoms with E-state index in [-0.39, 0.29) is 18.0 Å². The van der Waals surface area contributed by atoms with Gasteiger partial charge >= 0.3 is 6.03 Å². The van der Waals surface area contributed by atoms with Crippen molar-refractivity contribution >= 4 is 39.2 Å². The van der Waals surface area contributed by atoms with Gasteiger partial charge in [0.25, 0.3) is 0 Å². The zero-order valence-electron chi connectivity index (χ0n) is 19.0. The highest BCUT2D eigenvalue weighted by Gasteiger charge is 2.25. The number of hydrogen-bond acceptors (Lipinski definition) is 6. The Morgan fingerprint density at radius 3 is 2.53 bits per heavy atom. The van der Waals surface area contributed by atoms with Crippen LogP contribution in [0.5, 0.6) is 0 Å². The summed E-state index contributed by atoms with van der Waals surface area (Å²) >= 11 is 6.49. The molecule has 4 rings (SSSR count). The van der Waals surface area contributed by atoms with Crippen molar-refractivity contribution in [2.24, 2.45) is 0 Å². The first-order chi connectivity index (χ1) is 16.2. The second kappa shape index (κ2) is 10.5. The number of anilines is 2. The summed E-state index contributed by atoms with van der Waals surface area (Å²) < 4.78 is 45.5. The van der Waals surface area contributed by atoms with Crippen molar-refractivity contribution in [3.05, 3.63) is 41.0 Å². The van der Waals surface area contributed by atoms with E-state index >= 15 is 0 Å². The molecule has 1 N–H and O–H groups in total. The molecule has 0 bridgehead atoms. The number of aromatic nitrogens is 2. The van der Waals surface area contributed by atoms with Gasteiger partial charge in [-0.2, -0.15) is 4.68 Å². The second-order valence-electron chi connectivity index (χ2n) is 8.75. The summed E-state index contributed by atoms with van der Waals surface area (Å²) in [5, 5.41) is 4.63. The van der Waals surface area contributed by atoms with Crippen molar-refractivity contribution in [2.45, 2.75) is 44.6 Å². The average molecular weight is 514 g/mol. The average Bonchev–Trinajstić information content (AvgIpc) is 3.25. The molecule has 2 aromatic rings. The van der Waals surface area contributed by atoms with Gasteiger partial charge in [0, 0.05) is 38.4 Å². The van der Waals surface area contributed by atoms with Gasteiger partial charge < -0.3 is 14.5 Å². The van der Waals surface area contributed by atoms with Gasteiger partial charge in [-0.1, -0.05) is 17.7 Å². The summed E-state index contributed by atoms with van der Waals surface area (Å²) in [6, 6.07) is 6.99. The molecule has 9 nitrogen and oxygen atoms in total. The SMILES string of the molecule is CS(=O)(=O)Nc1ccn(C(=O)N2CCC(OCc3ccc(N4CCC(F)CC4)c(Cl)c3)CC2)n1. The molecular formula is C22H29ClFN5O4S. The number of sulfonamides is 1. The Kier molecular flexibility index (Phi) is 7.63. The molecule has 2 aliphatic rings. The van der Waals surface area contributed by atoms with Gasteiger partial charge in [-0.05, 0) is 43.4 Å². The fourth-order valence-corrected chi connectivity index (χ4v) is 5.04. The number of nitrogens with zero attached hydrogens (tertiary/aromatic N) is 4. The predicted molar refractivity (Wildman–Crippen MR) is 129 cm³/mol. The fraction of sp³-hybridized carbons (Fsp3) is 0.545. The van der Waals surface area contributed by atoms with Crippen molar-refractivity contribution in [1.29, 1.82) is 0 Å². The maximum atomic E-state index is 13.4. The van der Waals surface area contributed by atoms with Crippen LogP contribution in [0.2, 0.25) is 5.02 Å². The number of ether oxygens (including phenoxy) is 1. The van der Waals surface area contributed by atoms with Crippen LogP contribution in [0, 0.1) is 0 Å². The van der Waals surface area contributed by atoms with Crippen LogP contribution < -0.4 is 9.62 Å². The molecule has 3 heterocycles. The van der Waals surface area contributed by atoms with Crippen molar-refractivity contribution in [2.75, 3.05) is 42.1 Å². The number of carbonyl (C=O) groups excluding carboxylic acids is 1. The highest BCUT2D eigenvalue weighted by Crippen LogP contribution is 2.30. The second-order valence-corrected chi connectivity index (χ2v) is 10.9. The van der Waals surface area contributed by atoms with E-state index in [1.54, 1.807) is 4.90 Å². The van der Waals surface area contributed by atoms with Crippen molar-refractivity contribution in [3.63, 3.8) is 0 Å². The maximum Gasteiger partial charge on any atom is 0.344 e. The fourth-order valence-electron chi connectivity index (χ4n) is 4.23. The minimum atomic E-state index is -3.46. The standard InChI is InChI=1S/C22H29ClFN5O4S/c1-34(31,32)26-21-8-13-29(25-21)22(30)28-11-6-18(7-12-28)33-15-16-2-3-20(19(23)14-16)27-9-4-17(24)5-10-27/h2-3,8,13-14,17-18H,4-7,9-12,15H2,1H3,(H,25,26). The van der Waals surface area contributed by atoms with Gasteiger partial charge in [-0.3, -0.25) is 4.72 Å². The van der Waals surface area contributed by atoms with E-state index in [1.807, 2.05) is 18.2 Å². The largest absolute Gasteiger partial charge is 0.373 e. The van der Waals surface area contributed by atoms with E-state index in [0.29, 0.717) is 63.5 Å². The summed E-state index contributed by atoms with van der Waals surface area (Å²) in [5.41, 5.74) is 1.90. The summed E-state index contributed by atoms with van der Waals surface area (Å²) in [5.74, 6) is 0.102. The Hall–Kier alpha value is -2.37. The first kappa shape index (κ1) is 24.7. The molecule has 0 atom stereocenters. The van der Waals surface area contributed by atoms with Gasteiger partial charge in [0.1, 0.15) is 6.17 Å². The van der Waals surface area contributed by atoms with E-state index in [9.17, 15) is 17.6 Å². The molecule has 2 fully saturated rings. The number of nitrogens with one attached hydrogen (secondary N) is 1. The van der Waals surface area contributed by atoms with Crippen LogP contribution in [0.1, 0.15) is 31.2 Å². The molecule has 1 aromatic carbocycles. The number of amides is 1. The monoisotopic (exact) mass is 513 g/mol. The molecule has 0 radical (unpaired) electrons. The van der Waals surface area contributed by atoms with E-state index in [2.05, 4.69) is 14.7 Å². The molecule has 186 valence electrons. The van der Waals surface area contributed by atoms with Crippen LogP contribution in [-0.4, -0.2) is 73.8 Å². The number of rotatable bonds is 6. The predicted octanol–water partition coefficient (Wildman–Crippen LogP) is 3.50. The minimum Gasteiger partial charge on any atom is -0.373 e. The molecular weight excluding hydrogens is 485 g/mol. The molecule has 12 heteroatoms. The third-order valence-corrected chi connectivity index (χ3v) is 6.93. The van der Waals surface area contributed by atoms with Crippen LogP contribution in [0.15, 0.2) is 30.5 Å². The van der Waals surface area contributed by atoms with Crippen molar-refractivity contribution in [1.82, 2.24) is 14.7 Å². The lowest BCUT2D eigenvalue weighted by Crippen LogP contribution is -2.43. The van der Waals surface area contributed by atoms with Crippen LogP contribution in [0.3, 0.4) is 0 Å². The number of likely N-dealkylation sites (tertiary alicyclic amines) is 1. The highest BCUT2D eigenvalue weighted by molar-refractivity contribution is 7.92. The smallest absolute Gasteiger partial charge is 0.344 e. The van der Waals surface area contributed by atoms with Gasteiger partial charge in [-0.25, -0.2) is 17.6 Å². The van der Waals surface area contributed by atoms with Gasteiger partial charge in [-0.15, -0.1) is 5.10 Å². The van der Waals surface area contributed by atoms with Crippen LogP contribution in [0.25, 0.3) is 0 Å². The quantitative estimate of drug-likeness (QED) is 0.635. The molecule has 2 aliphatic heterocycles. The van der Waals surface area contributed by atoms with Crippen molar-refractivity contribution in [3.8, 4) is 0 Å². The number of benzene rings is 1. The summed E-state index contributed by atoms with van der Waals surface area (Å²) in [4.78, 5) is 16.4. The minimum absolute atomic E-state index is 0.0196.